The van der Waals surface area contributed by atoms with Gasteiger partial charge in [0.1, 0.15) is 5.82 Å². The first-order valence-corrected chi connectivity index (χ1v) is 12.7. The van der Waals surface area contributed by atoms with Crippen LogP contribution in [0, 0.1) is 0 Å². The smallest absolute Gasteiger partial charge is 0.419 e. The molecule has 2 aliphatic rings. The van der Waals surface area contributed by atoms with E-state index in [0.29, 0.717) is 13.1 Å². The van der Waals surface area contributed by atoms with Crippen LogP contribution in [0.1, 0.15) is 26.7 Å². The number of likely N-dealkylation sites (N-methyl/N-ethyl adjacent to an activating group) is 1. The number of amides is 2. The highest BCUT2D eigenvalue weighted by Gasteiger charge is 2.48. The quantitative estimate of drug-likeness (QED) is 0.169. The van der Waals surface area contributed by atoms with E-state index in [-0.39, 0.29) is 31.3 Å². The number of alkyl carbamates (subject to hydrolysis) is 1. The van der Waals surface area contributed by atoms with Crippen molar-refractivity contribution in [3.8, 4) is 0 Å². The molecule has 0 bridgehead atoms. The topological polar surface area (TPSA) is 170 Å². The molecule has 0 aliphatic carbocycles. The second-order valence-electron chi connectivity index (χ2n) is 7.66. The number of ketones is 1. The molecule has 200 valence electrons. The molecule has 0 spiro atoms. The Kier molecular flexibility index (Phi) is 10.3. The number of amidine groups is 1. The van der Waals surface area contributed by atoms with Gasteiger partial charge >= 0.3 is 16.5 Å². The Hall–Kier alpha value is -3.11. The Morgan fingerprint density at radius 3 is 2.33 bits per heavy atom. The highest BCUT2D eigenvalue weighted by atomic mass is 32.3. The van der Waals surface area contributed by atoms with E-state index in [1.165, 1.54) is 6.08 Å². The summed E-state index contributed by atoms with van der Waals surface area (Å²) in [4.78, 5) is 46.2. The number of Topliss-reactive ketones (excluding diaryl/α,β-unsaturated/α-hetero) is 1. The molecular weight excluding hydrogens is 496 g/mol. The highest BCUT2D eigenvalue weighted by molar-refractivity contribution is 7.80. The lowest BCUT2D eigenvalue weighted by molar-refractivity contribution is -0.135. The van der Waals surface area contributed by atoms with Crippen LogP contribution in [-0.4, -0.2) is 96.6 Å². The average Bonchev–Trinajstić information content (AvgIpc) is 3.34. The Labute approximate surface area is 210 Å². The lowest BCUT2D eigenvalue weighted by atomic mass is 10.1. The first-order valence-electron chi connectivity index (χ1n) is 11.3. The summed E-state index contributed by atoms with van der Waals surface area (Å²) in [5.41, 5.74) is 0. The number of likely N-dealkylation sites (tertiary alicyclic amines) is 1. The summed E-state index contributed by atoms with van der Waals surface area (Å²) in [6.07, 6.45) is 5.13. The van der Waals surface area contributed by atoms with Crippen molar-refractivity contribution < 1.29 is 36.4 Å². The van der Waals surface area contributed by atoms with Crippen molar-refractivity contribution in [1.82, 2.24) is 25.5 Å². The van der Waals surface area contributed by atoms with Crippen LogP contribution in [0.2, 0.25) is 0 Å². The number of hydroxylamine groups is 2. The second-order valence-corrected chi connectivity index (χ2v) is 8.66. The zero-order valence-corrected chi connectivity index (χ0v) is 21.1. The van der Waals surface area contributed by atoms with Gasteiger partial charge in [-0.25, -0.2) is 9.79 Å². The third-order valence-corrected chi connectivity index (χ3v) is 5.51. The molecule has 2 heterocycles. The predicted molar refractivity (Wildman–Crippen MR) is 129 cm³/mol. The Bertz CT molecular complexity index is 1030. The molecule has 1 fully saturated rings. The third-order valence-electron chi connectivity index (χ3n) is 5.17. The zero-order valence-electron chi connectivity index (χ0n) is 20.3. The summed E-state index contributed by atoms with van der Waals surface area (Å²) >= 11 is 0. The molecule has 2 amide bonds. The standard InChI is InChI=1S/C21H32N6O8S/c1-5-11-25(12-6-2)21(26-13-9-10-14-26)15-16(23-20(30)34-8-4)27(35-36(31,32)33)18(24-21)17(28)19(29)22-7-3/h5-6,15H,1-2,7-14H2,3-4H3,(H,22,29)(H,23,30)(H,31,32,33). The van der Waals surface area contributed by atoms with Crippen molar-refractivity contribution >= 4 is 34.0 Å². The first kappa shape index (κ1) is 29.1. The van der Waals surface area contributed by atoms with Gasteiger partial charge in [0, 0.05) is 38.8 Å². The molecule has 0 aromatic heterocycles. The van der Waals surface area contributed by atoms with Gasteiger partial charge in [-0.15, -0.1) is 17.4 Å². The number of aliphatic imine (C=N–C) groups is 1. The van der Waals surface area contributed by atoms with E-state index in [9.17, 15) is 27.4 Å². The number of rotatable bonds is 13. The van der Waals surface area contributed by atoms with Crippen LogP contribution in [-0.2, 0) is 29.0 Å². The monoisotopic (exact) mass is 528 g/mol. The van der Waals surface area contributed by atoms with Crippen LogP contribution in [0.5, 0.6) is 0 Å². The maximum absolute atomic E-state index is 13.2. The molecule has 0 aromatic carbocycles. The van der Waals surface area contributed by atoms with Crippen LogP contribution in [0.4, 0.5) is 4.79 Å². The largest absolute Gasteiger partial charge is 0.450 e. The predicted octanol–water partition coefficient (Wildman–Crippen LogP) is 0.151. The van der Waals surface area contributed by atoms with Gasteiger partial charge in [0.2, 0.25) is 5.84 Å². The minimum atomic E-state index is -5.24. The van der Waals surface area contributed by atoms with Gasteiger partial charge in [-0.05, 0) is 26.7 Å². The molecule has 1 atom stereocenters. The van der Waals surface area contributed by atoms with Gasteiger partial charge in [-0.3, -0.25) is 29.3 Å². The number of ether oxygens (including phenoxy) is 1. The maximum Gasteiger partial charge on any atom is 0.419 e. The maximum atomic E-state index is 13.2. The van der Waals surface area contributed by atoms with Crippen LogP contribution >= 0.6 is 0 Å². The van der Waals surface area contributed by atoms with Crippen LogP contribution in [0.3, 0.4) is 0 Å². The molecular formula is C21H32N6O8S. The summed E-state index contributed by atoms with van der Waals surface area (Å²) in [6.45, 7) is 12.3. The van der Waals surface area contributed by atoms with Crippen molar-refractivity contribution in [3.05, 3.63) is 37.2 Å². The Balaban J connectivity index is 2.84. The molecule has 0 saturated carbocycles. The van der Waals surface area contributed by atoms with E-state index in [1.54, 1.807) is 30.9 Å². The van der Waals surface area contributed by atoms with Gasteiger partial charge in [-0.1, -0.05) is 12.2 Å². The number of carbonyl (C=O) groups is 3. The zero-order chi connectivity index (χ0) is 26.9. The van der Waals surface area contributed by atoms with Gasteiger partial charge in [-0.2, -0.15) is 13.5 Å². The number of hydrogen-bond donors (Lipinski definition) is 3. The molecule has 2 aliphatic heterocycles. The first-order chi connectivity index (χ1) is 17.0. The molecule has 14 nitrogen and oxygen atoms in total. The molecule has 1 unspecified atom stereocenters. The molecule has 0 radical (unpaired) electrons. The van der Waals surface area contributed by atoms with Crippen molar-refractivity contribution in [2.24, 2.45) is 4.99 Å². The number of nitrogens with zero attached hydrogens (tertiary/aromatic N) is 4. The van der Waals surface area contributed by atoms with E-state index < -0.39 is 45.6 Å². The van der Waals surface area contributed by atoms with Crippen LogP contribution in [0.25, 0.3) is 0 Å². The summed E-state index contributed by atoms with van der Waals surface area (Å²) < 4.78 is 42.3. The molecule has 15 heteroatoms. The lowest BCUT2D eigenvalue weighted by Gasteiger charge is -2.47. The summed E-state index contributed by atoms with van der Waals surface area (Å²) in [7, 11) is -5.24. The van der Waals surface area contributed by atoms with Crippen molar-refractivity contribution in [2.45, 2.75) is 32.5 Å². The number of hydrogen-bond acceptors (Lipinski definition) is 11. The van der Waals surface area contributed by atoms with Crippen molar-refractivity contribution in [1.29, 1.82) is 0 Å². The summed E-state index contributed by atoms with van der Waals surface area (Å²) in [5.74, 6) is -5.08. The van der Waals surface area contributed by atoms with Crippen molar-refractivity contribution in [3.63, 3.8) is 0 Å². The summed E-state index contributed by atoms with van der Waals surface area (Å²) in [6, 6.07) is 0. The minimum Gasteiger partial charge on any atom is -0.450 e. The van der Waals surface area contributed by atoms with E-state index in [1.807, 2.05) is 4.90 Å². The molecule has 2 rings (SSSR count). The Morgan fingerprint density at radius 1 is 1.22 bits per heavy atom. The van der Waals surface area contributed by atoms with E-state index in [4.69, 9.17) is 4.74 Å². The average molecular weight is 529 g/mol. The molecule has 0 aromatic rings. The fourth-order valence-corrected chi connectivity index (χ4v) is 4.17. The van der Waals surface area contributed by atoms with Crippen LogP contribution in [0.15, 0.2) is 42.2 Å². The van der Waals surface area contributed by atoms with Gasteiger partial charge in [0.05, 0.1) is 6.61 Å². The van der Waals surface area contributed by atoms with E-state index in [2.05, 4.69) is 33.1 Å². The van der Waals surface area contributed by atoms with Crippen LogP contribution < -0.4 is 10.6 Å². The van der Waals surface area contributed by atoms with E-state index in [0.717, 1.165) is 12.8 Å². The second kappa shape index (κ2) is 12.7. The van der Waals surface area contributed by atoms with Gasteiger partial charge in [0.15, 0.2) is 5.79 Å². The minimum absolute atomic E-state index is 0.0205. The fourth-order valence-electron chi connectivity index (χ4n) is 3.83. The molecule has 3 N–H and O–H groups in total. The van der Waals surface area contributed by atoms with Gasteiger partial charge < -0.3 is 10.1 Å². The molecule has 36 heavy (non-hydrogen) atoms. The lowest BCUT2D eigenvalue weighted by Crippen LogP contribution is -2.63. The van der Waals surface area contributed by atoms with E-state index >= 15 is 0 Å². The highest BCUT2D eigenvalue weighted by Crippen LogP contribution is 2.34. The third kappa shape index (κ3) is 6.98. The normalized spacial score (nSPS) is 20.4. The van der Waals surface area contributed by atoms with Crippen molar-refractivity contribution in [2.75, 3.05) is 39.3 Å². The number of nitrogens with one attached hydrogen (secondary N) is 2. The van der Waals surface area contributed by atoms with Gasteiger partial charge in [0.25, 0.3) is 11.7 Å². The fraction of sp³-hybridized carbons (Fsp3) is 0.524. The Morgan fingerprint density at radius 2 is 1.83 bits per heavy atom. The SMILES string of the molecule is C=CCN(CC=C)C1(N2CCCC2)C=C(NC(=O)OCC)N(OS(=O)(=O)O)C(C(=O)C(=O)NCC)=N1. The number of carbonyl (C=O) groups excluding carboxylic acids is 3. The summed E-state index contributed by atoms with van der Waals surface area (Å²) in [5, 5.41) is 4.92. The molecule has 1 saturated heterocycles.